The van der Waals surface area contributed by atoms with Crippen LogP contribution in [0, 0.1) is 0 Å². The average Bonchev–Trinajstić information content (AvgIpc) is 3.89. The highest BCUT2D eigenvalue weighted by atomic mass is 15.2. The van der Waals surface area contributed by atoms with Crippen molar-refractivity contribution in [2.75, 3.05) is 20.0 Å². The molecule has 3 aliphatic rings. The van der Waals surface area contributed by atoms with Crippen molar-refractivity contribution in [3.05, 3.63) is 307 Å². The normalized spacial score (nSPS) is 15.9. The predicted octanol–water partition coefficient (Wildman–Crippen LogP) is 17.6. The number of hydrogen-bond donors (Lipinski definition) is 1. The summed E-state index contributed by atoms with van der Waals surface area (Å²) < 4.78 is 0. The molecule has 4 heteroatoms. The van der Waals surface area contributed by atoms with E-state index in [1.807, 2.05) is 0 Å². The van der Waals surface area contributed by atoms with Gasteiger partial charge in [0.2, 0.25) is 0 Å². The third kappa shape index (κ3) is 7.23. The summed E-state index contributed by atoms with van der Waals surface area (Å²) in [6, 6.07) is 97.0. The molecule has 2 unspecified atom stereocenters. The van der Waals surface area contributed by atoms with E-state index in [0.29, 0.717) is 0 Å². The average molecular weight is 911 g/mol. The lowest BCUT2D eigenvalue weighted by molar-refractivity contribution is 0.663. The molecule has 0 heterocycles. The van der Waals surface area contributed by atoms with Crippen LogP contribution < -0.4 is 20.0 Å². The van der Waals surface area contributed by atoms with Crippen LogP contribution in [-0.4, -0.2) is 6.04 Å². The van der Waals surface area contributed by atoms with Gasteiger partial charge in [0.05, 0.1) is 11.5 Å². The van der Waals surface area contributed by atoms with Crippen LogP contribution >= 0.6 is 0 Å². The van der Waals surface area contributed by atoms with Crippen molar-refractivity contribution in [2.45, 2.75) is 17.9 Å². The van der Waals surface area contributed by atoms with E-state index >= 15 is 0 Å². The molecular formula is C67H50N4. The van der Waals surface area contributed by atoms with Crippen LogP contribution in [0.15, 0.2) is 285 Å². The van der Waals surface area contributed by atoms with Gasteiger partial charge in [-0.1, -0.05) is 158 Å². The SMILES string of the molecule is C1=CC(N(c2ccccc2)c2ccccc2)CC2=C1c1ccc(N(c3ccccc3)c3ccccc3)cc1C21c2cc(Nc3ccccc3)ccc2-c2ccc(N(c3ccccc3)c3ccccc3)cc21. The number of rotatable bonds is 11. The van der Waals surface area contributed by atoms with Crippen molar-refractivity contribution in [2.24, 2.45) is 0 Å². The smallest absolute Gasteiger partial charge is 0.0691 e. The van der Waals surface area contributed by atoms with Gasteiger partial charge in [-0.3, -0.25) is 0 Å². The summed E-state index contributed by atoms with van der Waals surface area (Å²) in [4.78, 5) is 7.34. The van der Waals surface area contributed by atoms with E-state index in [1.165, 1.54) is 44.5 Å². The van der Waals surface area contributed by atoms with Crippen LogP contribution in [0.3, 0.4) is 0 Å². The summed E-state index contributed by atoms with van der Waals surface area (Å²) in [6.45, 7) is 0. The molecule has 10 aromatic rings. The monoisotopic (exact) mass is 910 g/mol. The van der Waals surface area contributed by atoms with Gasteiger partial charge < -0.3 is 20.0 Å². The molecule has 0 aromatic heterocycles. The molecule has 0 fully saturated rings. The Balaban J connectivity index is 1.09. The summed E-state index contributed by atoms with van der Waals surface area (Å²) in [5.41, 5.74) is 20.7. The van der Waals surface area contributed by atoms with Crippen molar-refractivity contribution in [1.29, 1.82) is 0 Å². The van der Waals surface area contributed by atoms with Crippen molar-refractivity contribution in [3.8, 4) is 11.1 Å². The van der Waals surface area contributed by atoms with E-state index < -0.39 is 5.41 Å². The molecule has 2 atom stereocenters. The van der Waals surface area contributed by atoms with Gasteiger partial charge in [-0.2, -0.15) is 0 Å². The zero-order chi connectivity index (χ0) is 47.1. The van der Waals surface area contributed by atoms with Gasteiger partial charge in [0.15, 0.2) is 0 Å². The Morgan fingerprint density at radius 2 is 0.718 bits per heavy atom. The minimum absolute atomic E-state index is 0.0146. The molecule has 1 N–H and O–H groups in total. The van der Waals surface area contributed by atoms with Crippen molar-refractivity contribution < 1.29 is 0 Å². The quantitative estimate of drug-likeness (QED) is 0.140. The summed E-state index contributed by atoms with van der Waals surface area (Å²) in [7, 11) is 0. The minimum Gasteiger partial charge on any atom is -0.356 e. The van der Waals surface area contributed by atoms with Crippen LogP contribution in [-0.2, 0) is 5.41 Å². The van der Waals surface area contributed by atoms with E-state index in [4.69, 9.17) is 0 Å². The molecule has 13 rings (SSSR count). The minimum atomic E-state index is -0.685. The maximum atomic E-state index is 3.82. The fraction of sp³-hybridized carbons (Fsp3) is 0.0448. The number of anilines is 10. The first-order valence-electron chi connectivity index (χ1n) is 24.6. The number of nitrogens with one attached hydrogen (secondary N) is 1. The molecule has 0 aliphatic heterocycles. The number of fused-ring (bicyclic) bond motifs is 9. The first-order chi connectivity index (χ1) is 35.2. The van der Waals surface area contributed by atoms with E-state index in [-0.39, 0.29) is 6.04 Å². The lowest BCUT2D eigenvalue weighted by Crippen LogP contribution is -2.36. The second-order valence-corrected chi connectivity index (χ2v) is 18.5. The zero-order valence-electron chi connectivity index (χ0n) is 39.2. The zero-order valence-corrected chi connectivity index (χ0v) is 39.2. The maximum Gasteiger partial charge on any atom is 0.0691 e. The lowest BCUT2D eigenvalue weighted by Gasteiger charge is -2.39. The Kier molecular flexibility index (Phi) is 10.5. The van der Waals surface area contributed by atoms with Gasteiger partial charge in [0, 0.05) is 56.9 Å². The summed E-state index contributed by atoms with van der Waals surface area (Å²) in [6.07, 6.45) is 5.68. The summed E-state index contributed by atoms with van der Waals surface area (Å²) in [5, 5.41) is 3.82. The highest BCUT2D eigenvalue weighted by molar-refractivity contribution is 6.00. The van der Waals surface area contributed by atoms with E-state index in [2.05, 4.69) is 299 Å². The number of para-hydroxylation sites is 7. The van der Waals surface area contributed by atoms with Crippen molar-refractivity contribution >= 4 is 62.4 Å². The molecule has 0 radical (unpaired) electrons. The number of benzene rings is 10. The first-order valence-corrected chi connectivity index (χ1v) is 24.6. The standard InChI is InChI=1S/C67H50N4/c1-8-22-48(23-9-1)68-49-36-40-59-60-41-37-56(69(50-24-10-2-11-25-50)51-26-12-3-13-27-51)45-64(60)67(63(59)44-49)65-46-57(70(52-28-14-4-15-29-52)53-30-16-5-17-31-53)38-42-61(65)62-43-39-58(47-66(62)67)71(54-32-18-6-19-33-54)55-34-20-7-21-35-55/h1-46,58,68H,47H2. The van der Waals surface area contributed by atoms with Crippen LogP contribution in [0.4, 0.5) is 56.9 Å². The molecule has 10 aromatic carbocycles. The maximum absolute atomic E-state index is 3.82. The van der Waals surface area contributed by atoms with E-state index in [9.17, 15) is 0 Å². The predicted molar refractivity (Wildman–Crippen MR) is 297 cm³/mol. The van der Waals surface area contributed by atoms with E-state index in [1.54, 1.807) is 0 Å². The largest absolute Gasteiger partial charge is 0.356 e. The van der Waals surface area contributed by atoms with Crippen molar-refractivity contribution in [1.82, 2.24) is 0 Å². The van der Waals surface area contributed by atoms with Gasteiger partial charge in [0.25, 0.3) is 0 Å². The van der Waals surface area contributed by atoms with Crippen LogP contribution in [0.1, 0.15) is 28.7 Å². The van der Waals surface area contributed by atoms with Crippen LogP contribution in [0.5, 0.6) is 0 Å². The highest BCUT2D eigenvalue weighted by Crippen LogP contribution is 2.65. The van der Waals surface area contributed by atoms with E-state index in [0.717, 1.165) is 63.3 Å². The van der Waals surface area contributed by atoms with Gasteiger partial charge >= 0.3 is 0 Å². The molecular weight excluding hydrogens is 861 g/mol. The van der Waals surface area contributed by atoms with Crippen LogP contribution in [0.2, 0.25) is 0 Å². The van der Waals surface area contributed by atoms with Crippen LogP contribution in [0.25, 0.3) is 16.7 Å². The topological polar surface area (TPSA) is 21.8 Å². The third-order valence-electron chi connectivity index (χ3n) is 14.5. The molecule has 0 amide bonds. The second kappa shape index (κ2) is 17.8. The molecule has 0 saturated carbocycles. The fourth-order valence-corrected chi connectivity index (χ4v) is 11.6. The van der Waals surface area contributed by atoms with Gasteiger partial charge in [-0.05, 0) is 172 Å². The Morgan fingerprint density at radius 3 is 1.18 bits per heavy atom. The Morgan fingerprint density at radius 1 is 0.338 bits per heavy atom. The molecule has 4 nitrogen and oxygen atoms in total. The van der Waals surface area contributed by atoms with Gasteiger partial charge in [-0.25, -0.2) is 0 Å². The Labute approximate surface area is 416 Å². The molecule has 338 valence electrons. The number of nitrogens with zero attached hydrogens (tertiary/aromatic N) is 3. The molecule has 0 saturated heterocycles. The second-order valence-electron chi connectivity index (χ2n) is 18.5. The highest BCUT2D eigenvalue weighted by Gasteiger charge is 2.54. The molecule has 3 aliphatic carbocycles. The molecule has 71 heavy (non-hydrogen) atoms. The fourth-order valence-electron chi connectivity index (χ4n) is 11.6. The van der Waals surface area contributed by atoms with Crippen molar-refractivity contribution in [3.63, 3.8) is 0 Å². The van der Waals surface area contributed by atoms with Gasteiger partial charge in [0.1, 0.15) is 0 Å². The number of hydrogen-bond acceptors (Lipinski definition) is 4. The molecule has 0 bridgehead atoms. The lowest BCUT2D eigenvalue weighted by atomic mass is 9.67. The Hall–Kier alpha value is -9.12. The summed E-state index contributed by atoms with van der Waals surface area (Å²) >= 11 is 0. The first kappa shape index (κ1) is 42.0. The third-order valence-corrected chi connectivity index (χ3v) is 14.5. The summed E-state index contributed by atoms with van der Waals surface area (Å²) in [5.74, 6) is 0. The molecule has 1 spiro atoms. The Bertz CT molecular complexity index is 3460. The number of allylic oxidation sites excluding steroid dienone is 2. The van der Waals surface area contributed by atoms with Gasteiger partial charge in [-0.15, -0.1) is 0 Å².